The van der Waals surface area contributed by atoms with E-state index in [1.165, 1.54) is 9.75 Å². The molecule has 0 amide bonds. The Morgan fingerprint density at radius 3 is 2.95 bits per heavy atom. The van der Waals surface area contributed by atoms with Crippen LogP contribution in [0.25, 0.3) is 0 Å². The number of aryl methyl sites for hydroxylation is 2. The third-order valence-electron chi connectivity index (χ3n) is 3.65. The molecule has 21 heavy (non-hydrogen) atoms. The third kappa shape index (κ3) is 3.61. The van der Waals surface area contributed by atoms with Crippen molar-refractivity contribution in [3.63, 3.8) is 0 Å². The number of ether oxygens (including phenoxy) is 1. The number of thiophene rings is 1. The quantitative estimate of drug-likeness (QED) is 0.947. The Balaban J connectivity index is 1.70. The largest absolute Gasteiger partial charge is 0.399 e. The van der Waals surface area contributed by atoms with E-state index in [0.29, 0.717) is 0 Å². The van der Waals surface area contributed by atoms with Crippen LogP contribution in [-0.2, 0) is 11.3 Å². The van der Waals surface area contributed by atoms with Gasteiger partial charge in [0.1, 0.15) is 6.10 Å². The number of nitrogens with zero attached hydrogens (tertiary/aromatic N) is 2. The Labute approximate surface area is 129 Å². The van der Waals surface area contributed by atoms with Crippen LogP contribution in [0.2, 0.25) is 0 Å². The number of morpholine rings is 1. The van der Waals surface area contributed by atoms with Gasteiger partial charge in [0.15, 0.2) is 0 Å². The molecular formula is C16H21N3OS. The Hall–Kier alpha value is -1.43. The highest BCUT2D eigenvalue weighted by Crippen LogP contribution is 2.25. The monoisotopic (exact) mass is 303 g/mol. The molecule has 1 saturated heterocycles. The van der Waals surface area contributed by atoms with E-state index in [4.69, 9.17) is 10.5 Å². The Morgan fingerprint density at radius 1 is 1.38 bits per heavy atom. The first-order valence-electron chi connectivity index (χ1n) is 7.23. The van der Waals surface area contributed by atoms with Gasteiger partial charge >= 0.3 is 0 Å². The van der Waals surface area contributed by atoms with Crippen molar-refractivity contribution in [1.29, 1.82) is 0 Å². The summed E-state index contributed by atoms with van der Waals surface area (Å²) in [5.74, 6) is 0. The number of hydrogen-bond donors (Lipinski definition) is 1. The molecule has 4 nitrogen and oxygen atoms in total. The van der Waals surface area contributed by atoms with Crippen LogP contribution in [0, 0.1) is 13.8 Å². The summed E-state index contributed by atoms with van der Waals surface area (Å²) in [5.41, 5.74) is 8.56. The van der Waals surface area contributed by atoms with Gasteiger partial charge in [-0.05, 0) is 38.1 Å². The molecule has 0 radical (unpaired) electrons. The number of nitrogen functional groups attached to an aromatic ring is 1. The molecule has 0 bridgehead atoms. The fourth-order valence-electron chi connectivity index (χ4n) is 2.70. The van der Waals surface area contributed by atoms with E-state index < -0.39 is 0 Å². The van der Waals surface area contributed by atoms with Gasteiger partial charge in [0.25, 0.3) is 0 Å². The fraction of sp³-hybridized carbons (Fsp3) is 0.438. The second-order valence-corrected chi connectivity index (χ2v) is 6.95. The van der Waals surface area contributed by atoms with Crippen molar-refractivity contribution in [2.45, 2.75) is 26.5 Å². The molecule has 0 aromatic carbocycles. The van der Waals surface area contributed by atoms with Gasteiger partial charge < -0.3 is 10.5 Å². The smallest absolute Gasteiger partial charge is 0.112 e. The highest BCUT2D eigenvalue weighted by Gasteiger charge is 2.23. The van der Waals surface area contributed by atoms with Crippen LogP contribution in [-0.4, -0.2) is 29.6 Å². The standard InChI is InChI=1S/C16H21N3OS/c1-11-7-13(17)8-15(18-11)16-10-19(5-6-20-16)9-14-4-3-12(2)21-14/h3-4,7-8,16H,5-6,9-10H2,1-2H3,(H2,17,18). The lowest BCUT2D eigenvalue weighted by Crippen LogP contribution is -2.38. The zero-order valence-electron chi connectivity index (χ0n) is 12.5. The van der Waals surface area contributed by atoms with Crippen molar-refractivity contribution in [3.05, 3.63) is 45.4 Å². The molecule has 3 heterocycles. The molecule has 2 aromatic rings. The van der Waals surface area contributed by atoms with Crippen LogP contribution >= 0.6 is 11.3 Å². The minimum absolute atomic E-state index is 0.0157. The van der Waals surface area contributed by atoms with Gasteiger partial charge in [0.2, 0.25) is 0 Å². The number of rotatable bonds is 3. The molecule has 1 unspecified atom stereocenters. The first kappa shape index (κ1) is 14.5. The molecular weight excluding hydrogens is 282 g/mol. The molecule has 0 saturated carbocycles. The van der Waals surface area contributed by atoms with Crippen LogP contribution in [0.1, 0.15) is 27.2 Å². The number of anilines is 1. The van der Waals surface area contributed by atoms with E-state index in [9.17, 15) is 0 Å². The molecule has 3 rings (SSSR count). The lowest BCUT2D eigenvalue weighted by molar-refractivity contribution is -0.0347. The number of pyridine rings is 1. The highest BCUT2D eigenvalue weighted by atomic mass is 32.1. The Bertz CT molecular complexity index is 605. The topological polar surface area (TPSA) is 51.4 Å². The van der Waals surface area contributed by atoms with Crippen molar-refractivity contribution in [2.24, 2.45) is 0 Å². The first-order chi connectivity index (χ1) is 10.1. The molecule has 1 atom stereocenters. The van der Waals surface area contributed by atoms with Crippen LogP contribution in [0.3, 0.4) is 0 Å². The minimum Gasteiger partial charge on any atom is -0.399 e. The third-order valence-corrected chi connectivity index (χ3v) is 4.64. The maximum Gasteiger partial charge on any atom is 0.112 e. The van der Waals surface area contributed by atoms with Crippen molar-refractivity contribution in [3.8, 4) is 0 Å². The lowest BCUT2D eigenvalue weighted by atomic mass is 10.1. The minimum atomic E-state index is 0.0157. The summed E-state index contributed by atoms with van der Waals surface area (Å²) >= 11 is 1.87. The highest BCUT2D eigenvalue weighted by molar-refractivity contribution is 7.11. The first-order valence-corrected chi connectivity index (χ1v) is 8.05. The van der Waals surface area contributed by atoms with Gasteiger partial charge in [0, 0.05) is 40.8 Å². The average molecular weight is 303 g/mol. The van der Waals surface area contributed by atoms with Crippen molar-refractivity contribution < 1.29 is 4.74 Å². The van der Waals surface area contributed by atoms with Gasteiger partial charge in [-0.15, -0.1) is 11.3 Å². The summed E-state index contributed by atoms with van der Waals surface area (Å²) in [7, 11) is 0. The van der Waals surface area contributed by atoms with E-state index in [0.717, 1.165) is 43.3 Å². The van der Waals surface area contributed by atoms with E-state index in [1.807, 2.05) is 30.4 Å². The molecule has 112 valence electrons. The Morgan fingerprint density at radius 2 is 2.24 bits per heavy atom. The Kier molecular flexibility index (Phi) is 4.24. The summed E-state index contributed by atoms with van der Waals surface area (Å²) < 4.78 is 5.89. The summed E-state index contributed by atoms with van der Waals surface area (Å²) in [6.45, 7) is 7.68. The summed E-state index contributed by atoms with van der Waals surface area (Å²) in [5, 5.41) is 0. The van der Waals surface area contributed by atoms with Crippen molar-refractivity contribution in [1.82, 2.24) is 9.88 Å². The number of hydrogen-bond acceptors (Lipinski definition) is 5. The molecule has 0 spiro atoms. The molecule has 1 aliphatic heterocycles. The van der Waals surface area contributed by atoms with Gasteiger partial charge in [0.05, 0.1) is 12.3 Å². The molecule has 0 aliphatic carbocycles. The SMILES string of the molecule is Cc1cc(N)cc(C2CN(Cc3ccc(C)s3)CCO2)n1. The van der Waals surface area contributed by atoms with Gasteiger partial charge in [-0.3, -0.25) is 9.88 Å². The maximum atomic E-state index is 5.92. The summed E-state index contributed by atoms with van der Waals surface area (Å²) in [4.78, 5) is 9.78. The number of aromatic nitrogens is 1. The molecule has 2 aromatic heterocycles. The van der Waals surface area contributed by atoms with Crippen molar-refractivity contribution in [2.75, 3.05) is 25.4 Å². The summed E-state index contributed by atoms with van der Waals surface area (Å²) in [6, 6.07) is 8.21. The average Bonchev–Trinajstić information content (AvgIpc) is 2.83. The lowest BCUT2D eigenvalue weighted by Gasteiger charge is -2.32. The summed E-state index contributed by atoms with van der Waals surface area (Å²) in [6.07, 6.45) is 0.0157. The van der Waals surface area contributed by atoms with Crippen molar-refractivity contribution >= 4 is 17.0 Å². The maximum absolute atomic E-state index is 5.92. The normalized spacial score (nSPS) is 19.8. The van der Waals surface area contributed by atoms with Gasteiger partial charge in [-0.1, -0.05) is 0 Å². The van der Waals surface area contributed by atoms with Crippen LogP contribution < -0.4 is 5.73 Å². The zero-order valence-corrected chi connectivity index (χ0v) is 13.3. The van der Waals surface area contributed by atoms with Crippen LogP contribution in [0.5, 0.6) is 0 Å². The van der Waals surface area contributed by atoms with Gasteiger partial charge in [-0.25, -0.2) is 0 Å². The molecule has 1 fully saturated rings. The fourth-order valence-corrected chi connectivity index (χ4v) is 3.64. The molecule has 1 aliphatic rings. The van der Waals surface area contributed by atoms with E-state index in [-0.39, 0.29) is 6.10 Å². The van der Waals surface area contributed by atoms with E-state index >= 15 is 0 Å². The predicted octanol–water partition coefficient (Wildman–Crippen LogP) is 2.92. The van der Waals surface area contributed by atoms with Crippen LogP contribution in [0.15, 0.2) is 24.3 Å². The second kappa shape index (κ2) is 6.13. The van der Waals surface area contributed by atoms with E-state index in [1.54, 1.807) is 0 Å². The van der Waals surface area contributed by atoms with Crippen LogP contribution in [0.4, 0.5) is 5.69 Å². The predicted molar refractivity (Wildman–Crippen MR) is 86.4 cm³/mol. The zero-order chi connectivity index (χ0) is 14.8. The molecule has 5 heteroatoms. The number of nitrogens with two attached hydrogens (primary N) is 1. The second-order valence-electron chi connectivity index (χ2n) is 5.57. The van der Waals surface area contributed by atoms with E-state index in [2.05, 4.69) is 28.9 Å². The van der Waals surface area contributed by atoms with Gasteiger partial charge in [-0.2, -0.15) is 0 Å². The molecule has 2 N–H and O–H groups in total.